The summed E-state index contributed by atoms with van der Waals surface area (Å²) >= 11 is 0. The first kappa shape index (κ1) is 19.0. The summed E-state index contributed by atoms with van der Waals surface area (Å²) in [6, 6.07) is 6.60. The van der Waals surface area contributed by atoms with E-state index in [2.05, 4.69) is 25.1 Å². The maximum absolute atomic E-state index is 13.0. The number of fused-ring (bicyclic) bond motifs is 5. The molecule has 2 fully saturated rings. The summed E-state index contributed by atoms with van der Waals surface area (Å²) in [6.07, 6.45) is 7.60. The molecule has 0 spiro atoms. The number of Topliss-reactive ketones (excluding diaryl/α,β-unsaturated/α-hetero) is 1. The van der Waals surface area contributed by atoms with Gasteiger partial charge in [-0.3, -0.25) is 4.79 Å². The van der Waals surface area contributed by atoms with Crippen LogP contribution in [0.5, 0.6) is 5.75 Å². The van der Waals surface area contributed by atoms with E-state index >= 15 is 0 Å². The number of aliphatic hydroxyl groups excluding tert-OH is 1. The Morgan fingerprint density at radius 3 is 2.89 bits per heavy atom. The molecular weight excluding hydrogens is 336 g/mol. The van der Waals surface area contributed by atoms with Gasteiger partial charge in [0, 0.05) is 11.8 Å². The van der Waals surface area contributed by atoms with Gasteiger partial charge in [0.2, 0.25) is 0 Å². The van der Waals surface area contributed by atoms with Crippen LogP contribution in [0.2, 0.25) is 0 Å². The van der Waals surface area contributed by atoms with E-state index in [-0.39, 0.29) is 11.5 Å². The Morgan fingerprint density at radius 1 is 1.33 bits per heavy atom. The first-order valence-corrected chi connectivity index (χ1v) is 10.9. The molecule has 0 amide bonds. The molecule has 0 aliphatic heterocycles. The second kappa shape index (κ2) is 7.24. The van der Waals surface area contributed by atoms with Gasteiger partial charge in [0.25, 0.3) is 0 Å². The van der Waals surface area contributed by atoms with Gasteiger partial charge in [0.05, 0.1) is 13.2 Å². The number of aliphatic hydroxyl groups is 1. The van der Waals surface area contributed by atoms with Crippen LogP contribution in [0.3, 0.4) is 0 Å². The summed E-state index contributed by atoms with van der Waals surface area (Å²) in [7, 11) is 1.73. The molecule has 3 aliphatic rings. The van der Waals surface area contributed by atoms with Gasteiger partial charge >= 0.3 is 0 Å². The Balaban J connectivity index is 1.62. The van der Waals surface area contributed by atoms with E-state index in [0.717, 1.165) is 50.7 Å². The van der Waals surface area contributed by atoms with Gasteiger partial charge in [-0.2, -0.15) is 0 Å². The van der Waals surface area contributed by atoms with Gasteiger partial charge in [-0.1, -0.05) is 19.9 Å². The van der Waals surface area contributed by atoms with E-state index in [1.54, 1.807) is 7.11 Å². The smallest absolute Gasteiger partial charge is 0.139 e. The fourth-order valence-corrected chi connectivity index (χ4v) is 6.62. The fourth-order valence-electron chi connectivity index (χ4n) is 6.62. The summed E-state index contributed by atoms with van der Waals surface area (Å²) in [5, 5.41) is 10.1. The molecule has 27 heavy (non-hydrogen) atoms. The summed E-state index contributed by atoms with van der Waals surface area (Å²) in [5.74, 6) is 3.58. The molecule has 3 heteroatoms. The van der Waals surface area contributed by atoms with E-state index in [0.29, 0.717) is 29.5 Å². The van der Waals surface area contributed by atoms with Crippen molar-refractivity contribution in [1.82, 2.24) is 0 Å². The predicted octanol–water partition coefficient (Wildman–Crippen LogP) is 4.90. The highest BCUT2D eigenvalue weighted by molar-refractivity contribution is 5.87. The normalized spacial score (nSPS) is 35.9. The third kappa shape index (κ3) is 3.12. The highest BCUT2D eigenvalue weighted by Crippen LogP contribution is 2.62. The Bertz CT molecular complexity index is 712. The van der Waals surface area contributed by atoms with Crippen LogP contribution in [0.25, 0.3) is 0 Å². The fraction of sp³-hybridized carbons (Fsp3) is 0.708. The summed E-state index contributed by atoms with van der Waals surface area (Å²) in [5.41, 5.74) is 2.81. The summed E-state index contributed by atoms with van der Waals surface area (Å²) in [4.78, 5) is 13.0. The van der Waals surface area contributed by atoms with Crippen molar-refractivity contribution in [2.45, 2.75) is 77.2 Å². The molecule has 0 aromatic heterocycles. The van der Waals surface area contributed by atoms with Crippen molar-refractivity contribution >= 4 is 5.78 Å². The van der Waals surface area contributed by atoms with Crippen molar-refractivity contribution in [2.24, 2.45) is 23.2 Å². The van der Waals surface area contributed by atoms with Crippen LogP contribution in [0.15, 0.2) is 18.2 Å². The molecule has 1 unspecified atom stereocenters. The third-order valence-corrected chi connectivity index (χ3v) is 8.12. The molecule has 4 rings (SSSR count). The average molecular weight is 371 g/mol. The first-order chi connectivity index (χ1) is 13.0. The molecule has 0 radical (unpaired) electrons. The largest absolute Gasteiger partial charge is 0.497 e. The zero-order valence-corrected chi connectivity index (χ0v) is 17.0. The number of ketones is 1. The molecule has 0 saturated heterocycles. The standard InChI is InChI=1S/C24H34O3/c1-4-17(25)7-5-16-14-22(26)24(2)12-11-20-19-10-8-18(27-3)13-15(19)6-9-21(20)23(16)24/h8,10,13,16-17,20-21,23,25H,4-7,9,11-12,14H2,1-3H3/t16-,17?,20-,21-,23+,24-/m1/s1. The number of benzene rings is 1. The van der Waals surface area contributed by atoms with Crippen LogP contribution >= 0.6 is 0 Å². The van der Waals surface area contributed by atoms with Crippen LogP contribution in [0.1, 0.15) is 75.8 Å². The van der Waals surface area contributed by atoms with Crippen molar-refractivity contribution in [3.05, 3.63) is 29.3 Å². The van der Waals surface area contributed by atoms with Gasteiger partial charge < -0.3 is 9.84 Å². The zero-order chi connectivity index (χ0) is 19.2. The number of carbonyl (C=O) groups excluding carboxylic acids is 1. The monoisotopic (exact) mass is 370 g/mol. The van der Waals surface area contributed by atoms with Crippen LogP contribution < -0.4 is 4.74 Å². The van der Waals surface area contributed by atoms with Gasteiger partial charge in [0.15, 0.2) is 0 Å². The zero-order valence-electron chi connectivity index (χ0n) is 17.0. The quantitative estimate of drug-likeness (QED) is 0.802. The molecule has 6 atom stereocenters. The Kier molecular flexibility index (Phi) is 5.09. The Morgan fingerprint density at radius 2 is 2.15 bits per heavy atom. The second-order valence-corrected chi connectivity index (χ2v) is 9.38. The van der Waals surface area contributed by atoms with Crippen molar-refractivity contribution in [2.75, 3.05) is 7.11 Å². The van der Waals surface area contributed by atoms with Crippen molar-refractivity contribution in [1.29, 1.82) is 0 Å². The molecule has 3 aliphatic carbocycles. The highest BCUT2D eigenvalue weighted by atomic mass is 16.5. The summed E-state index contributed by atoms with van der Waals surface area (Å²) < 4.78 is 5.43. The molecule has 1 aromatic rings. The van der Waals surface area contributed by atoms with E-state index in [1.807, 2.05) is 6.92 Å². The van der Waals surface area contributed by atoms with Crippen molar-refractivity contribution in [3.63, 3.8) is 0 Å². The van der Waals surface area contributed by atoms with Crippen LogP contribution in [-0.4, -0.2) is 24.1 Å². The summed E-state index contributed by atoms with van der Waals surface area (Å²) in [6.45, 7) is 4.29. The molecule has 1 N–H and O–H groups in total. The SMILES string of the molecule is CCC(O)CC[C@@H]1CC(=O)[C@@]2(C)CC[C@@H]3c4ccc(OC)cc4CC[C@H]3[C@H]12. The van der Waals surface area contributed by atoms with Gasteiger partial charge in [-0.05, 0) is 91.9 Å². The van der Waals surface area contributed by atoms with E-state index in [1.165, 1.54) is 17.5 Å². The lowest BCUT2D eigenvalue weighted by atomic mass is 9.54. The van der Waals surface area contributed by atoms with Crippen LogP contribution in [0, 0.1) is 23.2 Å². The number of hydrogen-bond acceptors (Lipinski definition) is 3. The van der Waals surface area contributed by atoms with E-state index < -0.39 is 0 Å². The van der Waals surface area contributed by atoms with E-state index in [9.17, 15) is 9.90 Å². The Labute approximate surface area is 163 Å². The number of methoxy groups -OCH3 is 1. The number of hydrogen-bond donors (Lipinski definition) is 1. The topological polar surface area (TPSA) is 46.5 Å². The minimum atomic E-state index is -0.217. The van der Waals surface area contributed by atoms with Crippen LogP contribution in [-0.2, 0) is 11.2 Å². The molecule has 148 valence electrons. The number of rotatable bonds is 5. The minimum Gasteiger partial charge on any atom is -0.497 e. The maximum Gasteiger partial charge on any atom is 0.139 e. The minimum absolute atomic E-state index is 0.132. The highest BCUT2D eigenvalue weighted by Gasteiger charge is 2.58. The lowest BCUT2D eigenvalue weighted by Gasteiger charge is -2.50. The van der Waals surface area contributed by atoms with E-state index in [4.69, 9.17) is 4.74 Å². The third-order valence-electron chi connectivity index (χ3n) is 8.12. The molecule has 3 nitrogen and oxygen atoms in total. The van der Waals surface area contributed by atoms with Crippen molar-refractivity contribution in [3.8, 4) is 5.75 Å². The van der Waals surface area contributed by atoms with Crippen molar-refractivity contribution < 1.29 is 14.6 Å². The molecule has 2 saturated carbocycles. The lowest BCUT2D eigenvalue weighted by Crippen LogP contribution is -2.44. The number of carbonyl (C=O) groups is 1. The predicted molar refractivity (Wildman–Crippen MR) is 107 cm³/mol. The van der Waals surface area contributed by atoms with Crippen LogP contribution in [0.4, 0.5) is 0 Å². The lowest BCUT2D eigenvalue weighted by molar-refractivity contribution is -0.129. The molecule has 1 aromatic carbocycles. The number of ether oxygens (including phenoxy) is 1. The maximum atomic E-state index is 13.0. The average Bonchev–Trinajstić information content (AvgIpc) is 2.95. The molecular formula is C24H34O3. The second-order valence-electron chi connectivity index (χ2n) is 9.38. The van der Waals surface area contributed by atoms with Gasteiger partial charge in [-0.15, -0.1) is 0 Å². The Hall–Kier alpha value is -1.35. The molecule has 0 bridgehead atoms. The van der Waals surface area contributed by atoms with Gasteiger partial charge in [0.1, 0.15) is 11.5 Å². The molecule has 0 heterocycles. The first-order valence-electron chi connectivity index (χ1n) is 10.9. The number of aryl methyl sites for hydroxylation is 1. The van der Waals surface area contributed by atoms with Gasteiger partial charge in [-0.25, -0.2) is 0 Å².